The Balaban J connectivity index is 2.05. The van der Waals surface area contributed by atoms with Gasteiger partial charge in [0.1, 0.15) is 18.3 Å². The van der Waals surface area contributed by atoms with E-state index in [4.69, 9.17) is 14.2 Å². The summed E-state index contributed by atoms with van der Waals surface area (Å²) in [5, 5.41) is 2.83. The van der Waals surface area contributed by atoms with Gasteiger partial charge in [0.2, 0.25) is 11.8 Å². The number of carbonyl (C=O) groups is 2. The number of anilines is 1. The van der Waals surface area contributed by atoms with Crippen LogP contribution in [0.25, 0.3) is 0 Å². The van der Waals surface area contributed by atoms with Gasteiger partial charge in [-0.05, 0) is 62.2 Å². The van der Waals surface area contributed by atoms with Gasteiger partial charge in [-0.3, -0.25) is 13.9 Å². The fraction of sp³-hybridized carbons (Fsp3) is 0.355. The molecule has 1 atom stereocenters. The summed E-state index contributed by atoms with van der Waals surface area (Å²) in [5.41, 5.74) is 1.98. The molecule has 2 amide bonds. The summed E-state index contributed by atoms with van der Waals surface area (Å²) in [6.45, 7) is 5.45. The van der Waals surface area contributed by atoms with Crippen LogP contribution in [0.2, 0.25) is 0 Å². The lowest BCUT2D eigenvalue weighted by molar-refractivity contribution is -0.139. The standard InChI is InChI=1S/C31H39N3O7S/c1-7-18-32-31(36)23(3)33(20-24-10-14-26(39-4)15-11-24)30(35)21-34(25-12-8-22(2)9-13-25)42(37,38)27-16-17-28(40-5)29(19-27)41-6/h8-17,19,23H,7,18,20-21H2,1-6H3,(H,32,36). The van der Waals surface area contributed by atoms with E-state index >= 15 is 0 Å². The third kappa shape index (κ3) is 7.73. The summed E-state index contributed by atoms with van der Waals surface area (Å²) in [6, 6.07) is 17.3. The van der Waals surface area contributed by atoms with Crippen LogP contribution in [0.4, 0.5) is 5.69 Å². The Morgan fingerprint density at radius 3 is 2.10 bits per heavy atom. The fourth-order valence-corrected chi connectivity index (χ4v) is 5.68. The number of benzene rings is 3. The molecule has 0 bridgehead atoms. The molecule has 11 heteroatoms. The summed E-state index contributed by atoms with van der Waals surface area (Å²) >= 11 is 0. The third-order valence-electron chi connectivity index (χ3n) is 6.77. The minimum Gasteiger partial charge on any atom is -0.497 e. The van der Waals surface area contributed by atoms with Crippen LogP contribution in [0.5, 0.6) is 17.2 Å². The zero-order valence-corrected chi connectivity index (χ0v) is 25.7. The van der Waals surface area contributed by atoms with Crippen LogP contribution in [-0.4, -0.2) is 65.6 Å². The highest BCUT2D eigenvalue weighted by Gasteiger charge is 2.33. The van der Waals surface area contributed by atoms with Gasteiger partial charge in [-0.2, -0.15) is 0 Å². The van der Waals surface area contributed by atoms with Crippen LogP contribution >= 0.6 is 0 Å². The van der Waals surface area contributed by atoms with Gasteiger partial charge in [0.25, 0.3) is 10.0 Å². The van der Waals surface area contributed by atoms with Crippen molar-refractivity contribution in [2.45, 2.75) is 44.7 Å². The zero-order chi connectivity index (χ0) is 30.9. The van der Waals surface area contributed by atoms with Gasteiger partial charge in [-0.25, -0.2) is 8.42 Å². The van der Waals surface area contributed by atoms with Crippen molar-refractivity contribution >= 4 is 27.5 Å². The highest BCUT2D eigenvalue weighted by molar-refractivity contribution is 7.92. The second kappa shape index (κ2) is 14.6. The molecule has 0 saturated carbocycles. The molecule has 0 aliphatic heterocycles. The average Bonchev–Trinajstić information content (AvgIpc) is 3.01. The van der Waals surface area contributed by atoms with Crippen molar-refractivity contribution in [3.8, 4) is 17.2 Å². The second-order valence-electron chi connectivity index (χ2n) is 9.70. The van der Waals surface area contributed by atoms with Gasteiger partial charge in [0.15, 0.2) is 11.5 Å². The number of methoxy groups -OCH3 is 3. The van der Waals surface area contributed by atoms with Gasteiger partial charge >= 0.3 is 0 Å². The molecule has 0 heterocycles. The maximum atomic E-state index is 14.1. The lowest BCUT2D eigenvalue weighted by Crippen LogP contribution is -2.51. The second-order valence-corrected chi connectivity index (χ2v) is 11.6. The van der Waals surface area contributed by atoms with Crippen molar-refractivity contribution in [3.05, 3.63) is 77.9 Å². The predicted molar refractivity (Wildman–Crippen MR) is 162 cm³/mol. The Morgan fingerprint density at radius 2 is 1.52 bits per heavy atom. The Hall–Kier alpha value is -4.25. The van der Waals surface area contributed by atoms with E-state index in [1.165, 1.54) is 37.3 Å². The molecule has 3 aromatic rings. The first-order valence-electron chi connectivity index (χ1n) is 13.6. The van der Waals surface area contributed by atoms with Crippen molar-refractivity contribution in [1.82, 2.24) is 10.2 Å². The number of nitrogens with zero attached hydrogens (tertiary/aromatic N) is 2. The van der Waals surface area contributed by atoms with Crippen molar-refractivity contribution in [1.29, 1.82) is 0 Å². The molecule has 1 N–H and O–H groups in total. The van der Waals surface area contributed by atoms with E-state index in [2.05, 4.69) is 5.32 Å². The minimum absolute atomic E-state index is 0.0797. The Labute approximate surface area is 248 Å². The number of hydrogen-bond donors (Lipinski definition) is 1. The minimum atomic E-state index is -4.26. The van der Waals surface area contributed by atoms with E-state index in [1.807, 2.05) is 13.8 Å². The molecule has 3 aromatic carbocycles. The van der Waals surface area contributed by atoms with Crippen LogP contribution < -0.4 is 23.8 Å². The van der Waals surface area contributed by atoms with Crippen LogP contribution in [0.15, 0.2) is 71.6 Å². The van der Waals surface area contributed by atoms with E-state index in [-0.39, 0.29) is 23.1 Å². The zero-order valence-electron chi connectivity index (χ0n) is 24.9. The van der Waals surface area contributed by atoms with Crippen molar-refractivity contribution in [2.24, 2.45) is 0 Å². The van der Waals surface area contributed by atoms with Gasteiger partial charge in [0.05, 0.1) is 31.9 Å². The molecule has 3 rings (SSSR count). The molecule has 0 saturated heterocycles. The first-order chi connectivity index (χ1) is 20.0. The van der Waals surface area contributed by atoms with Crippen LogP contribution in [0.3, 0.4) is 0 Å². The number of nitrogens with one attached hydrogen (secondary N) is 1. The number of rotatable bonds is 14. The number of amides is 2. The molecule has 226 valence electrons. The summed E-state index contributed by atoms with van der Waals surface area (Å²) in [6.07, 6.45) is 0.732. The molecule has 0 fully saturated rings. The summed E-state index contributed by atoms with van der Waals surface area (Å²) < 4.78 is 45.0. The number of carbonyl (C=O) groups excluding carboxylic acids is 2. The SMILES string of the molecule is CCCNC(=O)C(C)N(Cc1ccc(OC)cc1)C(=O)CN(c1ccc(C)cc1)S(=O)(=O)c1ccc(OC)c(OC)c1. The number of sulfonamides is 1. The van der Waals surface area contributed by atoms with Gasteiger partial charge in [-0.1, -0.05) is 36.8 Å². The van der Waals surface area contributed by atoms with Gasteiger partial charge in [0, 0.05) is 19.2 Å². The smallest absolute Gasteiger partial charge is 0.264 e. The van der Waals surface area contributed by atoms with Crippen LogP contribution in [-0.2, 0) is 26.2 Å². The first kappa shape index (κ1) is 32.3. The lowest BCUT2D eigenvalue weighted by atomic mass is 10.1. The van der Waals surface area contributed by atoms with E-state index in [0.717, 1.165) is 21.9 Å². The van der Waals surface area contributed by atoms with E-state index in [9.17, 15) is 18.0 Å². The summed E-state index contributed by atoms with van der Waals surface area (Å²) in [7, 11) is 0.168. The number of aryl methyl sites for hydroxylation is 1. The average molecular weight is 598 g/mol. The first-order valence-corrected chi connectivity index (χ1v) is 15.0. The fourth-order valence-electron chi connectivity index (χ4n) is 4.25. The molecule has 0 spiro atoms. The molecule has 42 heavy (non-hydrogen) atoms. The van der Waals surface area contributed by atoms with E-state index < -0.39 is 28.5 Å². The normalized spacial score (nSPS) is 11.8. The molecule has 0 aliphatic rings. The highest BCUT2D eigenvalue weighted by atomic mass is 32.2. The maximum absolute atomic E-state index is 14.1. The summed E-state index contributed by atoms with van der Waals surface area (Å²) in [4.78, 5) is 28.3. The maximum Gasteiger partial charge on any atom is 0.264 e. The van der Waals surface area contributed by atoms with Crippen molar-refractivity contribution < 1.29 is 32.2 Å². The van der Waals surface area contributed by atoms with Crippen LogP contribution in [0.1, 0.15) is 31.4 Å². The van der Waals surface area contributed by atoms with Crippen molar-refractivity contribution in [3.63, 3.8) is 0 Å². The van der Waals surface area contributed by atoms with Crippen molar-refractivity contribution in [2.75, 3.05) is 38.7 Å². The van der Waals surface area contributed by atoms with E-state index in [0.29, 0.717) is 23.7 Å². The quantitative estimate of drug-likeness (QED) is 0.297. The molecule has 0 aliphatic carbocycles. The summed E-state index contributed by atoms with van der Waals surface area (Å²) in [5.74, 6) is 0.373. The van der Waals surface area contributed by atoms with Gasteiger partial charge < -0.3 is 24.4 Å². The number of hydrogen-bond acceptors (Lipinski definition) is 7. The molecule has 0 radical (unpaired) electrons. The monoisotopic (exact) mass is 597 g/mol. The molecule has 10 nitrogen and oxygen atoms in total. The molecule has 1 unspecified atom stereocenters. The highest BCUT2D eigenvalue weighted by Crippen LogP contribution is 2.32. The van der Waals surface area contributed by atoms with Gasteiger partial charge in [-0.15, -0.1) is 0 Å². The predicted octanol–water partition coefficient (Wildman–Crippen LogP) is 4.16. The van der Waals surface area contributed by atoms with Crippen LogP contribution in [0, 0.1) is 6.92 Å². The topological polar surface area (TPSA) is 114 Å². The largest absolute Gasteiger partial charge is 0.497 e. The molecular weight excluding hydrogens is 558 g/mol. The Bertz CT molecular complexity index is 1460. The number of ether oxygens (including phenoxy) is 3. The lowest BCUT2D eigenvalue weighted by Gasteiger charge is -2.32. The molecular formula is C31H39N3O7S. The third-order valence-corrected chi connectivity index (χ3v) is 8.54. The Kier molecular flexibility index (Phi) is 11.2. The molecule has 0 aromatic heterocycles. The van der Waals surface area contributed by atoms with E-state index in [1.54, 1.807) is 62.6 Å². The Morgan fingerprint density at radius 1 is 0.881 bits per heavy atom.